The lowest BCUT2D eigenvalue weighted by Crippen LogP contribution is -2.29. The van der Waals surface area contributed by atoms with E-state index in [1.165, 1.54) is 6.92 Å². The van der Waals surface area contributed by atoms with Crippen molar-refractivity contribution >= 4 is 15.9 Å². The molecule has 0 radical (unpaired) electrons. The van der Waals surface area contributed by atoms with Crippen LogP contribution in [0.4, 0.5) is 0 Å². The Labute approximate surface area is 159 Å². The first-order chi connectivity index (χ1) is 11.6. The second-order valence-electron chi connectivity index (χ2n) is 5.10. The van der Waals surface area contributed by atoms with Crippen LogP contribution in [0, 0.1) is 11.8 Å². The van der Waals surface area contributed by atoms with Gasteiger partial charge in [0.2, 0.25) is 15.9 Å². The van der Waals surface area contributed by atoms with Gasteiger partial charge in [-0.05, 0) is 18.8 Å². The number of rotatable bonds is 7. The largest absolute Gasteiger partial charge is 0.356 e. The molecule has 1 unspecified atom stereocenters. The zero-order chi connectivity index (χ0) is 21.5. The van der Waals surface area contributed by atoms with Gasteiger partial charge in [-0.25, -0.2) is 13.1 Å². The second-order valence-corrected chi connectivity index (χ2v) is 7.19. The van der Waals surface area contributed by atoms with Crippen LogP contribution in [-0.4, -0.2) is 33.2 Å². The van der Waals surface area contributed by atoms with Crippen molar-refractivity contribution in [3.8, 4) is 0 Å². The molecular weight excluding hydrogens is 336 g/mol. The predicted molar refractivity (Wildman–Crippen MR) is 114 cm³/mol. The van der Waals surface area contributed by atoms with Gasteiger partial charge in [0.15, 0.2) is 0 Å². The summed E-state index contributed by atoms with van der Waals surface area (Å²) in [6, 6.07) is 0. The molecular formula is C19H48N2O3S. The third-order valence-electron chi connectivity index (χ3n) is 2.49. The molecule has 1 amide bonds. The van der Waals surface area contributed by atoms with E-state index < -0.39 is 10.0 Å². The van der Waals surface area contributed by atoms with E-state index in [1.807, 2.05) is 55.4 Å². The summed E-state index contributed by atoms with van der Waals surface area (Å²) in [5, 5.41) is 2.71. The van der Waals surface area contributed by atoms with Gasteiger partial charge in [0.05, 0.1) is 5.75 Å². The van der Waals surface area contributed by atoms with Crippen molar-refractivity contribution in [1.82, 2.24) is 10.0 Å². The van der Waals surface area contributed by atoms with Crippen LogP contribution in [0.25, 0.3) is 0 Å². The summed E-state index contributed by atoms with van der Waals surface area (Å²) in [4.78, 5) is 10.2. The number of carbonyl (C=O) groups excluding carboxylic acids is 1. The summed E-state index contributed by atoms with van der Waals surface area (Å²) in [7, 11) is -2.97. The standard InChI is InChI=1S/C7H17NO2S.C6H13NO.3C2H6/c1-4-7(3)6-8-11(9,10)5-2;1-5(2)4-7-6(3)8;3*1-2/h7-8H,4-6H2,1-3H3;5H,4H2,1-3H3,(H,7,8);3*1-2H3. The fraction of sp³-hybridized carbons (Fsp3) is 0.947. The Morgan fingerprint density at radius 2 is 1.28 bits per heavy atom. The predicted octanol–water partition coefficient (Wildman–Crippen LogP) is 4.83. The maximum Gasteiger partial charge on any atom is 0.216 e. The van der Waals surface area contributed by atoms with Crippen molar-refractivity contribution in [3.05, 3.63) is 0 Å². The molecule has 0 aromatic heterocycles. The molecule has 0 saturated heterocycles. The van der Waals surface area contributed by atoms with E-state index >= 15 is 0 Å². The highest BCUT2D eigenvalue weighted by Gasteiger charge is 2.07. The Bertz CT molecular complexity index is 330. The molecule has 0 heterocycles. The van der Waals surface area contributed by atoms with Crippen LogP contribution in [0.3, 0.4) is 0 Å². The maximum absolute atomic E-state index is 10.9. The fourth-order valence-electron chi connectivity index (χ4n) is 0.863. The van der Waals surface area contributed by atoms with Gasteiger partial charge < -0.3 is 5.32 Å². The van der Waals surface area contributed by atoms with Crippen LogP contribution >= 0.6 is 0 Å². The van der Waals surface area contributed by atoms with Crippen LogP contribution in [0.15, 0.2) is 0 Å². The third-order valence-corrected chi connectivity index (χ3v) is 3.85. The molecule has 6 heteroatoms. The second kappa shape index (κ2) is 28.2. The van der Waals surface area contributed by atoms with Gasteiger partial charge in [-0.2, -0.15) is 0 Å². The minimum Gasteiger partial charge on any atom is -0.356 e. The topological polar surface area (TPSA) is 75.3 Å². The molecule has 0 saturated carbocycles. The fourth-order valence-corrected chi connectivity index (χ4v) is 1.61. The number of amides is 1. The molecule has 0 aliphatic carbocycles. The molecule has 0 aliphatic rings. The van der Waals surface area contributed by atoms with Crippen molar-refractivity contribution in [2.75, 3.05) is 18.8 Å². The van der Waals surface area contributed by atoms with Gasteiger partial charge in [0.1, 0.15) is 0 Å². The number of carbonyl (C=O) groups is 1. The van der Waals surface area contributed by atoms with Crippen LogP contribution in [0.5, 0.6) is 0 Å². The molecule has 0 fully saturated rings. The average Bonchev–Trinajstić information content (AvgIpc) is 2.63. The van der Waals surface area contributed by atoms with Gasteiger partial charge in [-0.1, -0.05) is 75.7 Å². The van der Waals surface area contributed by atoms with E-state index in [-0.39, 0.29) is 11.7 Å². The zero-order valence-corrected chi connectivity index (χ0v) is 19.9. The average molecular weight is 385 g/mol. The Balaban J connectivity index is -0.0000000838. The van der Waals surface area contributed by atoms with E-state index in [0.717, 1.165) is 13.0 Å². The molecule has 1 atom stereocenters. The Hall–Kier alpha value is -0.620. The quantitative estimate of drug-likeness (QED) is 0.660. The van der Waals surface area contributed by atoms with E-state index in [2.05, 4.69) is 23.9 Å². The van der Waals surface area contributed by atoms with E-state index in [9.17, 15) is 13.2 Å². The van der Waals surface area contributed by atoms with E-state index in [0.29, 0.717) is 18.4 Å². The molecule has 0 rings (SSSR count). The Kier molecular flexibility index (Phi) is 40.0. The summed E-state index contributed by atoms with van der Waals surface area (Å²) < 4.78 is 24.3. The van der Waals surface area contributed by atoms with Crippen LogP contribution in [0.2, 0.25) is 0 Å². The molecule has 0 bridgehead atoms. The molecule has 158 valence electrons. The molecule has 0 aromatic rings. The van der Waals surface area contributed by atoms with Crippen molar-refractivity contribution < 1.29 is 13.2 Å². The van der Waals surface area contributed by atoms with E-state index in [1.54, 1.807) is 6.92 Å². The highest BCUT2D eigenvalue weighted by Crippen LogP contribution is 1.98. The minimum absolute atomic E-state index is 0.0544. The Morgan fingerprint density at radius 1 is 0.880 bits per heavy atom. The zero-order valence-electron chi connectivity index (χ0n) is 19.1. The van der Waals surface area contributed by atoms with Crippen LogP contribution in [0.1, 0.15) is 89.5 Å². The number of hydrogen-bond donors (Lipinski definition) is 2. The first-order valence-electron chi connectivity index (χ1n) is 9.86. The molecule has 0 aliphatic heterocycles. The first kappa shape index (κ1) is 35.5. The molecule has 0 aromatic carbocycles. The van der Waals surface area contributed by atoms with Crippen LogP contribution < -0.4 is 10.0 Å². The lowest BCUT2D eigenvalue weighted by atomic mass is 10.1. The van der Waals surface area contributed by atoms with Crippen molar-refractivity contribution in [2.24, 2.45) is 11.8 Å². The highest BCUT2D eigenvalue weighted by molar-refractivity contribution is 7.89. The molecule has 25 heavy (non-hydrogen) atoms. The van der Waals surface area contributed by atoms with Gasteiger partial charge in [-0.15, -0.1) is 0 Å². The summed E-state index contributed by atoms with van der Waals surface area (Å²) in [6.07, 6.45) is 1.01. The monoisotopic (exact) mass is 384 g/mol. The van der Waals surface area contributed by atoms with Gasteiger partial charge >= 0.3 is 0 Å². The van der Waals surface area contributed by atoms with E-state index in [4.69, 9.17) is 0 Å². The lowest BCUT2D eigenvalue weighted by molar-refractivity contribution is -0.119. The van der Waals surface area contributed by atoms with Gasteiger partial charge in [-0.3, -0.25) is 4.79 Å². The van der Waals surface area contributed by atoms with Gasteiger partial charge in [0.25, 0.3) is 0 Å². The lowest BCUT2D eigenvalue weighted by Gasteiger charge is -2.08. The van der Waals surface area contributed by atoms with Crippen LogP contribution in [-0.2, 0) is 14.8 Å². The summed E-state index contributed by atoms with van der Waals surface area (Å²) >= 11 is 0. The Morgan fingerprint density at radius 3 is 1.48 bits per heavy atom. The molecule has 5 nitrogen and oxygen atoms in total. The summed E-state index contributed by atoms with van der Waals surface area (Å²) in [6.45, 7) is 24.7. The highest BCUT2D eigenvalue weighted by atomic mass is 32.2. The minimum atomic E-state index is -2.97. The van der Waals surface area contributed by atoms with Crippen molar-refractivity contribution in [2.45, 2.75) is 89.5 Å². The first-order valence-corrected chi connectivity index (χ1v) is 11.5. The third kappa shape index (κ3) is 45.2. The number of sulfonamides is 1. The number of hydrogen-bond acceptors (Lipinski definition) is 3. The summed E-state index contributed by atoms with van der Waals surface area (Å²) in [5.74, 6) is 1.21. The molecule has 2 N–H and O–H groups in total. The van der Waals surface area contributed by atoms with Crippen molar-refractivity contribution in [1.29, 1.82) is 0 Å². The van der Waals surface area contributed by atoms with Gasteiger partial charge in [0, 0.05) is 20.0 Å². The maximum atomic E-state index is 10.9. The molecule has 0 spiro atoms. The summed E-state index contributed by atoms with van der Waals surface area (Å²) in [5.41, 5.74) is 0. The number of nitrogens with one attached hydrogen (secondary N) is 2. The normalized spacial score (nSPS) is 10.3. The smallest absolute Gasteiger partial charge is 0.216 e. The van der Waals surface area contributed by atoms with Crippen molar-refractivity contribution in [3.63, 3.8) is 0 Å². The SMILES string of the molecule is CC.CC.CC.CC(=O)NCC(C)C.CCC(C)CNS(=O)(=O)CC.